The third kappa shape index (κ3) is 3.77. The summed E-state index contributed by atoms with van der Waals surface area (Å²) in [6.07, 6.45) is 3.58. The SMILES string of the molecule is C=CCOc1cccc(C2c3c(-c4cc(C)cc(C)c4O)n[nH]c3C(=O)N2CCCC)c1. The van der Waals surface area contributed by atoms with Crippen LogP contribution in [-0.4, -0.2) is 39.3 Å². The number of unbranched alkanes of at least 4 members (excludes halogenated alkanes) is 1. The number of benzene rings is 2. The number of aryl methyl sites for hydroxylation is 2. The fourth-order valence-electron chi connectivity index (χ4n) is 4.38. The maximum atomic E-state index is 13.4. The molecule has 32 heavy (non-hydrogen) atoms. The number of nitrogens with zero attached hydrogens (tertiary/aromatic N) is 2. The van der Waals surface area contributed by atoms with E-state index in [1.807, 2.05) is 55.1 Å². The van der Waals surface area contributed by atoms with Crippen LogP contribution in [0.15, 0.2) is 49.1 Å². The third-order valence-corrected chi connectivity index (χ3v) is 5.86. The summed E-state index contributed by atoms with van der Waals surface area (Å²) in [5.41, 5.74) is 5.27. The Balaban J connectivity index is 1.87. The molecule has 2 heterocycles. The zero-order valence-electron chi connectivity index (χ0n) is 18.8. The lowest BCUT2D eigenvalue weighted by molar-refractivity contribution is 0.0741. The molecule has 0 bridgehead atoms. The van der Waals surface area contributed by atoms with Gasteiger partial charge in [-0.25, -0.2) is 0 Å². The van der Waals surface area contributed by atoms with E-state index in [1.165, 1.54) is 0 Å². The zero-order valence-corrected chi connectivity index (χ0v) is 18.8. The summed E-state index contributed by atoms with van der Waals surface area (Å²) in [4.78, 5) is 15.2. The van der Waals surface area contributed by atoms with Gasteiger partial charge in [-0.2, -0.15) is 5.10 Å². The lowest BCUT2D eigenvalue weighted by Crippen LogP contribution is -2.30. The summed E-state index contributed by atoms with van der Waals surface area (Å²) >= 11 is 0. The smallest absolute Gasteiger partial charge is 0.273 e. The third-order valence-electron chi connectivity index (χ3n) is 5.86. The molecule has 0 saturated carbocycles. The minimum absolute atomic E-state index is 0.0709. The van der Waals surface area contributed by atoms with Gasteiger partial charge in [-0.1, -0.05) is 44.2 Å². The van der Waals surface area contributed by atoms with E-state index >= 15 is 0 Å². The predicted molar refractivity (Wildman–Crippen MR) is 125 cm³/mol. The number of aromatic amines is 1. The number of rotatable bonds is 8. The van der Waals surface area contributed by atoms with Crippen molar-refractivity contribution in [1.82, 2.24) is 15.1 Å². The van der Waals surface area contributed by atoms with Crippen LogP contribution >= 0.6 is 0 Å². The Labute approximate surface area is 188 Å². The molecule has 2 aromatic carbocycles. The molecule has 1 amide bonds. The number of hydrogen-bond acceptors (Lipinski definition) is 4. The van der Waals surface area contributed by atoms with Crippen LogP contribution in [0.5, 0.6) is 11.5 Å². The number of carbonyl (C=O) groups excluding carboxylic acids is 1. The second-order valence-electron chi connectivity index (χ2n) is 8.27. The van der Waals surface area contributed by atoms with E-state index in [0.717, 1.165) is 40.8 Å². The van der Waals surface area contributed by atoms with Crippen LogP contribution in [0.1, 0.15) is 58.5 Å². The molecule has 4 rings (SSSR count). The van der Waals surface area contributed by atoms with Crippen LogP contribution in [-0.2, 0) is 0 Å². The minimum atomic E-state index is -0.315. The van der Waals surface area contributed by atoms with Gasteiger partial charge in [-0.15, -0.1) is 0 Å². The molecule has 0 spiro atoms. The van der Waals surface area contributed by atoms with Gasteiger partial charge in [0, 0.05) is 17.7 Å². The molecule has 1 atom stereocenters. The summed E-state index contributed by atoms with van der Waals surface area (Å²) in [5.74, 6) is 0.836. The molecule has 0 fully saturated rings. The van der Waals surface area contributed by atoms with Gasteiger partial charge in [0.15, 0.2) is 0 Å². The molecule has 0 aliphatic carbocycles. The number of H-pyrrole nitrogens is 1. The highest BCUT2D eigenvalue weighted by atomic mass is 16.5. The van der Waals surface area contributed by atoms with Gasteiger partial charge >= 0.3 is 0 Å². The molecule has 1 aliphatic heterocycles. The number of carbonyl (C=O) groups is 1. The van der Waals surface area contributed by atoms with Gasteiger partial charge < -0.3 is 14.7 Å². The van der Waals surface area contributed by atoms with Crippen LogP contribution in [0.4, 0.5) is 0 Å². The van der Waals surface area contributed by atoms with E-state index in [0.29, 0.717) is 30.1 Å². The lowest BCUT2D eigenvalue weighted by Gasteiger charge is -2.26. The molecule has 166 valence electrons. The van der Waals surface area contributed by atoms with Crippen molar-refractivity contribution in [2.24, 2.45) is 0 Å². The quantitative estimate of drug-likeness (QED) is 0.474. The van der Waals surface area contributed by atoms with E-state index in [2.05, 4.69) is 23.7 Å². The van der Waals surface area contributed by atoms with E-state index in [4.69, 9.17) is 4.74 Å². The van der Waals surface area contributed by atoms with Gasteiger partial charge in [0.25, 0.3) is 5.91 Å². The predicted octanol–water partition coefficient (Wildman–Crippen LogP) is 5.31. The average Bonchev–Trinajstić information content (AvgIpc) is 3.32. The molecule has 3 aromatic rings. The van der Waals surface area contributed by atoms with Crippen molar-refractivity contribution in [2.45, 2.75) is 39.7 Å². The fraction of sp³-hybridized carbons (Fsp3) is 0.308. The van der Waals surface area contributed by atoms with E-state index in [1.54, 1.807) is 6.08 Å². The highest BCUT2D eigenvalue weighted by Crippen LogP contribution is 2.45. The molecule has 0 saturated heterocycles. The Morgan fingerprint density at radius 1 is 1.28 bits per heavy atom. The van der Waals surface area contributed by atoms with Gasteiger partial charge in [0.1, 0.15) is 29.5 Å². The number of hydrogen-bond donors (Lipinski definition) is 2. The Bertz CT molecular complexity index is 1170. The minimum Gasteiger partial charge on any atom is -0.507 e. The number of aromatic nitrogens is 2. The topological polar surface area (TPSA) is 78.5 Å². The highest BCUT2D eigenvalue weighted by Gasteiger charge is 2.42. The Morgan fingerprint density at radius 3 is 2.84 bits per heavy atom. The number of ether oxygens (including phenoxy) is 1. The van der Waals surface area contributed by atoms with E-state index in [-0.39, 0.29) is 17.7 Å². The number of phenolic OH excluding ortho intramolecular Hbond substituents is 1. The van der Waals surface area contributed by atoms with Gasteiger partial charge in [0.05, 0.1) is 6.04 Å². The van der Waals surface area contributed by atoms with Crippen molar-refractivity contribution in [3.05, 3.63) is 77.0 Å². The van der Waals surface area contributed by atoms with Crippen molar-refractivity contribution in [3.63, 3.8) is 0 Å². The van der Waals surface area contributed by atoms with Crippen LogP contribution in [0, 0.1) is 13.8 Å². The molecule has 1 unspecified atom stereocenters. The number of nitrogens with one attached hydrogen (secondary N) is 1. The molecule has 6 nitrogen and oxygen atoms in total. The Morgan fingerprint density at radius 2 is 2.09 bits per heavy atom. The van der Waals surface area contributed by atoms with Crippen molar-refractivity contribution in [3.8, 4) is 22.8 Å². The van der Waals surface area contributed by atoms with Gasteiger partial charge in [-0.3, -0.25) is 9.89 Å². The summed E-state index contributed by atoms with van der Waals surface area (Å²) in [6, 6.07) is 11.3. The Hall–Kier alpha value is -3.54. The average molecular weight is 432 g/mol. The summed E-state index contributed by atoms with van der Waals surface area (Å²) in [5, 5.41) is 18.3. The molecular formula is C26H29N3O3. The summed E-state index contributed by atoms with van der Waals surface area (Å²) < 4.78 is 5.75. The Kier molecular flexibility index (Phi) is 6.04. The number of aromatic hydroxyl groups is 1. The first-order valence-electron chi connectivity index (χ1n) is 11.0. The van der Waals surface area contributed by atoms with Gasteiger partial charge in [-0.05, 0) is 55.2 Å². The molecule has 6 heteroatoms. The first-order valence-corrected chi connectivity index (χ1v) is 11.0. The summed E-state index contributed by atoms with van der Waals surface area (Å²) in [6.45, 7) is 10.7. The molecular weight excluding hydrogens is 402 g/mol. The number of phenols is 1. The fourth-order valence-corrected chi connectivity index (χ4v) is 4.38. The van der Waals surface area contributed by atoms with Crippen LogP contribution in [0.2, 0.25) is 0 Å². The standard InChI is InChI=1S/C26H29N3O3/c1-5-7-11-29-24(18-9-8-10-19(15-18)32-12-6-2)21-22(27-28-23(21)26(29)31)20-14-16(3)13-17(4)25(20)30/h6,8-10,13-15,24,30H,2,5,7,11-12H2,1,3-4H3,(H,27,28). The van der Waals surface area contributed by atoms with Crippen LogP contribution in [0.3, 0.4) is 0 Å². The zero-order chi connectivity index (χ0) is 22.8. The summed E-state index contributed by atoms with van der Waals surface area (Å²) in [7, 11) is 0. The molecule has 1 aromatic heterocycles. The normalized spacial score (nSPS) is 15.2. The maximum absolute atomic E-state index is 13.4. The molecule has 1 aliphatic rings. The largest absolute Gasteiger partial charge is 0.507 e. The second kappa shape index (κ2) is 8.91. The van der Waals surface area contributed by atoms with Crippen molar-refractivity contribution < 1.29 is 14.6 Å². The first kappa shape index (κ1) is 21.7. The second-order valence-corrected chi connectivity index (χ2v) is 8.27. The molecule has 2 N–H and O–H groups in total. The van der Waals surface area contributed by atoms with Crippen molar-refractivity contribution in [1.29, 1.82) is 0 Å². The first-order chi connectivity index (χ1) is 15.5. The monoisotopic (exact) mass is 431 g/mol. The van der Waals surface area contributed by atoms with E-state index in [9.17, 15) is 9.90 Å². The highest BCUT2D eigenvalue weighted by molar-refractivity contribution is 6.00. The van der Waals surface area contributed by atoms with Gasteiger partial charge in [0.2, 0.25) is 0 Å². The number of amides is 1. The lowest BCUT2D eigenvalue weighted by atomic mass is 9.94. The van der Waals surface area contributed by atoms with E-state index < -0.39 is 0 Å². The molecule has 0 radical (unpaired) electrons. The number of fused-ring (bicyclic) bond motifs is 1. The van der Waals surface area contributed by atoms with Crippen LogP contribution in [0.25, 0.3) is 11.3 Å². The van der Waals surface area contributed by atoms with Crippen molar-refractivity contribution in [2.75, 3.05) is 13.2 Å². The van der Waals surface area contributed by atoms with Crippen molar-refractivity contribution >= 4 is 5.91 Å². The maximum Gasteiger partial charge on any atom is 0.273 e. The van der Waals surface area contributed by atoms with Crippen LogP contribution < -0.4 is 4.74 Å².